The first-order valence-electron chi connectivity index (χ1n) is 8.57. The molecule has 0 unspecified atom stereocenters. The molecule has 25 heavy (non-hydrogen) atoms. The summed E-state index contributed by atoms with van der Waals surface area (Å²) in [6.07, 6.45) is 1.54. The van der Waals surface area contributed by atoms with Gasteiger partial charge in [-0.2, -0.15) is 0 Å². The molecule has 0 radical (unpaired) electrons. The zero-order valence-corrected chi connectivity index (χ0v) is 14.8. The number of ether oxygens (including phenoxy) is 1. The van der Waals surface area contributed by atoms with Crippen LogP contribution in [-0.2, 0) is 4.74 Å². The van der Waals surface area contributed by atoms with Gasteiger partial charge in [0.15, 0.2) is 6.40 Å². The molecule has 0 bridgehead atoms. The quantitative estimate of drug-likeness (QED) is 0.610. The van der Waals surface area contributed by atoms with Crippen molar-refractivity contribution in [2.45, 2.75) is 13.8 Å². The van der Waals surface area contributed by atoms with Crippen molar-refractivity contribution in [1.29, 1.82) is 0 Å². The van der Waals surface area contributed by atoms with E-state index in [2.05, 4.69) is 34.7 Å². The second-order valence-electron chi connectivity index (χ2n) is 6.33. The second kappa shape index (κ2) is 8.12. The van der Waals surface area contributed by atoms with E-state index >= 15 is 0 Å². The highest BCUT2D eigenvalue weighted by Gasteiger charge is 2.17. The Hall–Kier alpha value is -2.40. The number of rotatable bonds is 5. The molecule has 132 valence electrons. The molecule has 0 spiro atoms. The van der Waals surface area contributed by atoms with E-state index in [1.807, 2.05) is 24.3 Å². The Labute approximate surface area is 148 Å². The van der Waals surface area contributed by atoms with Crippen molar-refractivity contribution in [1.82, 2.24) is 4.90 Å². The average molecular weight is 341 g/mol. The number of aliphatic imine (C=N–C) groups is 1. The third kappa shape index (κ3) is 4.57. The van der Waals surface area contributed by atoms with Crippen LogP contribution in [0.3, 0.4) is 0 Å². The van der Waals surface area contributed by atoms with E-state index in [9.17, 15) is 4.39 Å². The number of anilines is 1. The van der Waals surface area contributed by atoms with Gasteiger partial charge in [-0.3, -0.25) is 4.90 Å². The minimum absolute atomic E-state index is 0.195. The van der Waals surface area contributed by atoms with Crippen LogP contribution in [-0.4, -0.2) is 44.2 Å². The molecule has 5 heteroatoms. The molecular formula is C20H24FN3O. The Morgan fingerprint density at radius 3 is 2.48 bits per heavy atom. The Kier molecular flexibility index (Phi) is 5.66. The predicted octanol–water partition coefficient (Wildman–Crippen LogP) is 3.90. The highest BCUT2D eigenvalue weighted by Crippen LogP contribution is 2.20. The van der Waals surface area contributed by atoms with Crippen LogP contribution in [0.2, 0.25) is 0 Å². The first-order valence-corrected chi connectivity index (χ1v) is 8.57. The molecule has 0 N–H and O–H groups in total. The maximum atomic E-state index is 13.0. The van der Waals surface area contributed by atoms with Crippen molar-refractivity contribution in [2.24, 2.45) is 4.99 Å². The van der Waals surface area contributed by atoms with Gasteiger partial charge in [0.2, 0.25) is 0 Å². The summed E-state index contributed by atoms with van der Waals surface area (Å²) in [5.41, 5.74) is 4.42. The molecule has 0 aliphatic carbocycles. The average Bonchev–Trinajstić information content (AvgIpc) is 2.63. The van der Waals surface area contributed by atoms with Crippen molar-refractivity contribution in [3.05, 3.63) is 59.4 Å². The third-order valence-electron chi connectivity index (χ3n) is 4.66. The molecule has 2 aromatic carbocycles. The van der Waals surface area contributed by atoms with E-state index in [1.54, 1.807) is 0 Å². The summed E-state index contributed by atoms with van der Waals surface area (Å²) in [5.74, 6) is -0.195. The summed E-state index contributed by atoms with van der Waals surface area (Å²) in [6, 6.07) is 12.8. The van der Waals surface area contributed by atoms with Crippen LogP contribution in [0.25, 0.3) is 0 Å². The van der Waals surface area contributed by atoms with Crippen LogP contribution in [0.1, 0.15) is 11.1 Å². The van der Waals surface area contributed by atoms with Crippen molar-refractivity contribution < 1.29 is 9.13 Å². The van der Waals surface area contributed by atoms with E-state index in [0.717, 1.165) is 37.6 Å². The number of benzene rings is 2. The molecule has 1 saturated heterocycles. The van der Waals surface area contributed by atoms with Crippen LogP contribution < -0.4 is 4.90 Å². The standard InChI is InChI=1S/C20H24FN3O/c1-16-4-3-5-20(17(16)2)22-14-25-15-23-10-12-24(13-11-23)19-8-6-18(21)7-9-19/h3-9,14H,10-13,15H2,1-2H3. The predicted molar refractivity (Wildman–Crippen MR) is 100 cm³/mol. The van der Waals surface area contributed by atoms with Crippen LogP contribution in [0.5, 0.6) is 0 Å². The highest BCUT2D eigenvalue weighted by molar-refractivity contribution is 5.59. The summed E-state index contributed by atoms with van der Waals surface area (Å²) in [4.78, 5) is 8.91. The number of halogens is 1. The summed E-state index contributed by atoms with van der Waals surface area (Å²) in [5, 5.41) is 0. The molecule has 3 rings (SSSR count). The molecule has 0 atom stereocenters. The normalized spacial score (nSPS) is 15.7. The molecule has 0 amide bonds. The lowest BCUT2D eigenvalue weighted by atomic mass is 10.1. The number of piperazine rings is 1. The molecule has 1 heterocycles. The Balaban J connectivity index is 1.44. The fraction of sp³-hybridized carbons (Fsp3) is 0.350. The summed E-state index contributed by atoms with van der Waals surface area (Å²) >= 11 is 0. The van der Waals surface area contributed by atoms with Crippen LogP contribution in [0, 0.1) is 19.7 Å². The van der Waals surface area contributed by atoms with E-state index < -0.39 is 0 Å². The van der Waals surface area contributed by atoms with Crippen molar-refractivity contribution >= 4 is 17.8 Å². The van der Waals surface area contributed by atoms with Gasteiger partial charge in [0.05, 0.1) is 5.69 Å². The smallest absolute Gasteiger partial charge is 0.176 e. The maximum absolute atomic E-state index is 13.0. The number of nitrogens with zero attached hydrogens (tertiary/aromatic N) is 3. The summed E-state index contributed by atoms with van der Waals surface area (Å²) < 4.78 is 18.6. The minimum Gasteiger partial charge on any atom is -0.468 e. The Morgan fingerprint density at radius 2 is 1.76 bits per heavy atom. The first-order chi connectivity index (χ1) is 12.1. The first kappa shape index (κ1) is 17.4. The molecule has 0 aromatic heterocycles. The van der Waals surface area contributed by atoms with Crippen LogP contribution in [0.4, 0.5) is 15.8 Å². The molecule has 1 aliphatic rings. The Morgan fingerprint density at radius 1 is 1.04 bits per heavy atom. The fourth-order valence-corrected chi connectivity index (χ4v) is 2.90. The van der Waals surface area contributed by atoms with Crippen molar-refractivity contribution in [2.75, 3.05) is 37.8 Å². The molecule has 1 fully saturated rings. The second-order valence-corrected chi connectivity index (χ2v) is 6.33. The van der Waals surface area contributed by atoms with Gasteiger partial charge in [-0.1, -0.05) is 12.1 Å². The zero-order valence-electron chi connectivity index (χ0n) is 14.8. The lowest BCUT2D eigenvalue weighted by Gasteiger charge is -2.35. The van der Waals surface area contributed by atoms with Gasteiger partial charge >= 0.3 is 0 Å². The van der Waals surface area contributed by atoms with Gasteiger partial charge in [-0.15, -0.1) is 0 Å². The minimum atomic E-state index is -0.195. The number of aryl methyl sites for hydroxylation is 1. The third-order valence-corrected chi connectivity index (χ3v) is 4.66. The maximum Gasteiger partial charge on any atom is 0.176 e. The van der Waals surface area contributed by atoms with E-state index in [4.69, 9.17) is 4.74 Å². The van der Waals surface area contributed by atoms with Gasteiger partial charge in [-0.05, 0) is 55.3 Å². The zero-order chi connectivity index (χ0) is 17.6. The molecule has 1 aliphatic heterocycles. The largest absolute Gasteiger partial charge is 0.468 e. The molecule has 4 nitrogen and oxygen atoms in total. The van der Waals surface area contributed by atoms with Gasteiger partial charge in [0.25, 0.3) is 0 Å². The Bertz CT molecular complexity index is 722. The highest BCUT2D eigenvalue weighted by atomic mass is 19.1. The van der Waals surface area contributed by atoms with E-state index in [1.165, 1.54) is 29.7 Å². The van der Waals surface area contributed by atoms with E-state index in [-0.39, 0.29) is 5.82 Å². The lowest BCUT2D eigenvalue weighted by molar-refractivity contribution is 0.117. The molecule has 0 saturated carbocycles. The van der Waals surface area contributed by atoms with Gasteiger partial charge in [-0.25, -0.2) is 9.38 Å². The topological polar surface area (TPSA) is 28.1 Å². The van der Waals surface area contributed by atoms with Gasteiger partial charge < -0.3 is 9.64 Å². The van der Waals surface area contributed by atoms with E-state index in [0.29, 0.717) is 6.73 Å². The monoisotopic (exact) mass is 341 g/mol. The SMILES string of the molecule is Cc1cccc(N=COCN2CCN(c3ccc(F)cc3)CC2)c1C. The summed E-state index contributed by atoms with van der Waals surface area (Å²) in [6.45, 7) is 8.31. The van der Waals surface area contributed by atoms with Crippen LogP contribution in [0.15, 0.2) is 47.5 Å². The molecule has 2 aromatic rings. The van der Waals surface area contributed by atoms with Crippen molar-refractivity contribution in [3.63, 3.8) is 0 Å². The van der Waals surface area contributed by atoms with Gasteiger partial charge in [0, 0.05) is 31.9 Å². The van der Waals surface area contributed by atoms with Crippen LogP contribution >= 0.6 is 0 Å². The summed E-state index contributed by atoms with van der Waals surface area (Å²) in [7, 11) is 0. The molecular weight excluding hydrogens is 317 g/mol. The number of hydrogen-bond acceptors (Lipinski definition) is 4. The van der Waals surface area contributed by atoms with Gasteiger partial charge in [0.1, 0.15) is 12.5 Å². The lowest BCUT2D eigenvalue weighted by Crippen LogP contribution is -2.47. The fourth-order valence-electron chi connectivity index (χ4n) is 2.90. The number of hydrogen-bond donors (Lipinski definition) is 0. The van der Waals surface area contributed by atoms with Crippen molar-refractivity contribution in [3.8, 4) is 0 Å².